The van der Waals surface area contributed by atoms with Gasteiger partial charge in [0.05, 0.1) is 60.0 Å². The lowest BCUT2D eigenvalue weighted by molar-refractivity contribution is 0.455. The van der Waals surface area contributed by atoms with Gasteiger partial charge >= 0.3 is 0 Å². The predicted molar refractivity (Wildman–Crippen MR) is 228 cm³/mol. The van der Waals surface area contributed by atoms with Crippen LogP contribution in [0.15, 0.2) is 177 Å². The van der Waals surface area contributed by atoms with Crippen molar-refractivity contribution >= 4 is 78.8 Å². The van der Waals surface area contributed by atoms with Gasteiger partial charge in [0, 0.05) is 54.6 Å². The number of nitrogens with one attached hydrogen (secondary N) is 1. The van der Waals surface area contributed by atoms with E-state index in [1.165, 1.54) is 4.90 Å². The topological polar surface area (TPSA) is 72.8 Å². The van der Waals surface area contributed by atoms with Crippen molar-refractivity contribution in [2.75, 3.05) is 5.32 Å². The lowest BCUT2D eigenvalue weighted by Gasteiger charge is -2.29. The van der Waals surface area contributed by atoms with Crippen LogP contribution in [-0.4, -0.2) is 19.9 Å². The van der Waals surface area contributed by atoms with Crippen LogP contribution in [0.1, 0.15) is 0 Å². The first kappa shape index (κ1) is 31.6. The Morgan fingerprint density at radius 2 is 1.25 bits per heavy atom. The minimum Gasteiger partial charge on any atom is -0.455 e. The third kappa shape index (κ3) is 4.93. The number of hydrogen-bond acceptors (Lipinski definition) is 8. The molecule has 3 aromatic heterocycles. The molecule has 0 saturated heterocycles. The van der Waals surface area contributed by atoms with Crippen LogP contribution in [0.2, 0.25) is 0 Å². The first-order valence-electron chi connectivity index (χ1n) is 18.4. The first-order chi connectivity index (χ1) is 27.7. The lowest BCUT2D eigenvalue weighted by Crippen LogP contribution is -2.05. The summed E-state index contributed by atoms with van der Waals surface area (Å²) in [6.07, 6.45) is 1.83. The number of ether oxygens (including phenoxy) is 1. The number of anilines is 2. The summed E-state index contributed by atoms with van der Waals surface area (Å²) in [5.74, 6) is 1.61. The fourth-order valence-corrected chi connectivity index (χ4v) is 10.1. The van der Waals surface area contributed by atoms with E-state index in [9.17, 15) is 0 Å². The molecule has 0 spiro atoms. The quantitative estimate of drug-likeness (QED) is 0.141. The molecule has 0 amide bonds. The van der Waals surface area contributed by atoms with Crippen molar-refractivity contribution in [1.82, 2.24) is 19.9 Å². The van der Waals surface area contributed by atoms with Crippen molar-refractivity contribution in [3.05, 3.63) is 158 Å². The second-order valence-corrected chi connectivity index (χ2v) is 16.0. The molecule has 0 unspecified atom stereocenters. The third-order valence-electron chi connectivity index (χ3n) is 10.5. The summed E-state index contributed by atoms with van der Waals surface area (Å²) in [6, 6.07) is 52.4. The Bertz CT molecular complexity index is 3290. The van der Waals surface area contributed by atoms with Crippen LogP contribution >= 0.6 is 23.5 Å². The molecule has 10 aromatic rings. The second-order valence-electron chi connectivity index (χ2n) is 13.8. The molecule has 262 valence electrons. The standard InChI is InChI=1S/C48H27N5OS2/c1-2-14-35-34(13-1)50-37-16-7-10-29(46(37)52-35)43-31(33-24-22-27-21-23-32-28(45(27)51-33)12-9-25-49-32)26-39-48(56-41-19-6-4-17-38(41)54-39)44(43)30-11-8-20-42-47(30)53-36-15-3-5-18-40(36)55-42/h1-26,53H. The Hall–Kier alpha value is -6.74. The number of hydrogen-bond donors (Lipinski definition) is 1. The van der Waals surface area contributed by atoms with E-state index in [1.54, 1.807) is 23.5 Å². The van der Waals surface area contributed by atoms with Crippen LogP contribution in [0.25, 0.3) is 77.4 Å². The molecule has 0 atom stereocenters. The highest BCUT2D eigenvalue weighted by Crippen LogP contribution is 2.59. The molecule has 8 heteroatoms. The Kier molecular flexibility index (Phi) is 6.99. The molecule has 0 fully saturated rings. The van der Waals surface area contributed by atoms with Crippen molar-refractivity contribution < 1.29 is 4.74 Å². The van der Waals surface area contributed by atoms with E-state index in [2.05, 4.69) is 119 Å². The van der Waals surface area contributed by atoms with E-state index < -0.39 is 0 Å². The average molecular weight is 754 g/mol. The summed E-state index contributed by atoms with van der Waals surface area (Å²) in [6.45, 7) is 0. The number of fused-ring (bicyclic) bond motifs is 9. The molecule has 0 radical (unpaired) electrons. The van der Waals surface area contributed by atoms with E-state index in [4.69, 9.17) is 19.7 Å². The summed E-state index contributed by atoms with van der Waals surface area (Å²) >= 11 is 3.53. The predicted octanol–water partition coefficient (Wildman–Crippen LogP) is 13.3. The summed E-state index contributed by atoms with van der Waals surface area (Å²) in [5.41, 5.74) is 13.1. The SMILES string of the molecule is c1ccc2c(c1)Nc1c(cccc1-c1c3c(cc(-c4ccc5ccc6ncccc6c5n4)c1-c1cccc4nc5ccccc5nc14)Oc1ccccc1S3)S2. The van der Waals surface area contributed by atoms with Crippen molar-refractivity contribution in [3.63, 3.8) is 0 Å². The van der Waals surface area contributed by atoms with Gasteiger partial charge in [-0.2, -0.15) is 0 Å². The van der Waals surface area contributed by atoms with Gasteiger partial charge in [0.15, 0.2) is 0 Å². The van der Waals surface area contributed by atoms with Crippen molar-refractivity contribution in [3.8, 4) is 45.0 Å². The Balaban J connectivity index is 1.23. The van der Waals surface area contributed by atoms with Gasteiger partial charge in [0.2, 0.25) is 0 Å². The zero-order valence-corrected chi connectivity index (χ0v) is 31.2. The van der Waals surface area contributed by atoms with Gasteiger partial charge in [0.25, 0.3) is 0 Å². The normalized spacial score (nSPS) is 12.8. The molecular weight excluding hydrogens is 727 g/mol. The lowest BCUT2D eigenvalue weighted by atomic mass is 9.87. The minimum absolute atomic E-state index is 0.780. The number of nitrogens with zero attached hydrogens (tertiary/aromatic N) is 4. The van der Waals surface area contributed by atoms with Crippen LogP contribution in [-0.2, 0) is 0 Å². The number of pyridine rings is 2. The molecule has 2 aliphatic rings. The van der Waals surface area contributed by atoms with Crippen LogP contribution in [0.5, 0.6) is 11.5 Å². The highest BCUT2D eigenvalue weighted by molar-refractivity contribution is 8.00. The highest BCUT2D eigenvalue weighted by Gasteiger charge is 2.31. The number of aromatic nitrogens is 4. The van der Waals surface area contributed by atoms with E-state index in [1.807, 2.05) is 48.7 Å². The van der Waals surface area contributed by atoms with E-state index in [-0.39, 0.29) is 0 Å². The van der Waals surface area contributed by atoms with E-state index in [0.29, 0.717) is 0 Å². The van der Waals surface area contributed by atoms with Crippen molar-refractivity contribution in [2.24, 2.45) is 0 Å². The molecule has 5 heterocycles. The molecule has 1 N–H and O–H groups in total. The van der Waals surface area contributed by atoms with E-state index in [0.717, 1.165) is 115 Å². The van der Waals surface area contributed by atoms with Gasteiger partial charge in [-0.15, -0.1) is 0 Å². The Labute approximate surface area is 329 Å². The Morgan fingerprint density at radius 3 is 2.20 bits per heavy atom. The summed E-state index contributed by atoms with van der Waals surface area (Å²) in [4.78, 5) is 25.0. The fraction of sp³-hybridized carbons (Fsp3) is 0. The van der Waals surface area contributed by atoms with Gasteiger partial charge in [-0.25, -0.2) is 15.0 Å². The number of benzene rings is 7. The molecule has 0 bridgehead atoms. The zero-order valence-electron chi connectivity index (χ0n) is 29.5. The molecule has 12 rings (SSSR count). The van der Waals surface area contributed by atoms with Crippen LogP contribution < -0.4 is 10.1 Å². The van der Waals surface area contributed by atoms with Gasteiger partial charge in [0.1, 0.15) is 11.5 Å². The third-order valence-corrected chi connectivity index (χ3v) is 12.8. The molecule has 56 heavy (non-hydrogen) atoms. The highest BCUT2D eigenvalue weighted by atomic mass is 32.2. The maximum atomic E-state index is 6.88. The second kappa shape index (κ2) is 12.4. The van der Waals surface area contributed by atoms with E-state index >= 15 is 0 Å². The molecule has 2 aliphatic heterocycles. The summed E-state index contributed by atoms with van der Waals surface area (Å²) in [7, 11) is 0. The van der Waals surface area contributed by atoms with Crippen LogP contribution in [0.4, 0.5) is 11.4 Å². The minimum atomic E-state index is 0.780. The Morgan fingerprint density at radius 1 is 0.482 bits per heavy atom. The smallest absolute Gasteiger partial charge is 0.142 e. The molecule has 7 aromatic carbocycles. The maximum Gasteiger partial charge on any atom is 0.142 e. The van der Waals surface area contributed by atoms with Gasteiger partial charge < -0.3 is 10.1 Å². The van der Waals surface area contributed by atoms with Gasteiger partial charge in [-0.05, 0) is 78.9 Å². The largest absolute Gasteiger partial charge is 0.455 e. The monoisotopic (exact) mass is 753 g/mol. The molecule has 0 saturated carbocycles. The van der Waals surface area contributed by atoms with Gasteiger partial charge in [-0.1, -0.05) is 96.3 Å². The van der Waals surface area contributed by atoms with Crippen molar-refractivity contribution in [2.45, 2.75) is 19.6 Å². The summed E-state index contributed by atoms with van der Waals surface area (Å²) < 4.78 is 6.88. The fourth-order valence-electron chi connectivity index (χ4n) is 8.00. The van der Waals surface area contributed by atoms with Crippen LogP contribution in [0, 0.1) is 0 Å². The molecule has 6 nitrogen and oxygen atoms in total. The average Bonchev–Trinajstić information content (AvgIpc) is 3.25. The van der Waals surface area contributed by atoms with Crippen molar-refractivity contribution in [1.29, 1.82) is 0 Å². The van der Waals surface area contributed by atoms with Gasteiger partial charge in [-0.3, -0.25) is 4.98 Å². The van der Waals surface area contributed by atoms with Crippen LogP contribution in [0.3, 0.4) is 0 Å². The maximum absolute atomic E-state index is 6.88. The number of rotatable bonds is 3. The number of para-hydroxylation sites is 6. The molecular formula is C48H27N5OS2. The zero-order chi connectivity index (χ0) is 36.7. The molecule has 0 aliphatic carbocycles. The first-order valence-corrected chi connectivity index (χ1v) is 20.0. The summed E-state index contributed by atoms with van der Waals surface area (Å²) in [5, 5.41) is 5.91.